The average Bonchev–Trinajstić information content (AvgIpc) is 3.25. The summed E-state index contributed by atoms with van der Waals surface area (Å²) in [7, 11) is -4.73. The summed E-state index contributed by atoms with van der Waals surface area (Å²) in [4.78, 5) is 48.1. The molecular formula is C50H95O11P. The third kappa shape index (κ3) is 43.5. The number of ether oxygens (including phenoxy) is 3. The fraction of sp³-hybridized carbons (Fsp3) is 0.900. The van der Waals surface area contributed by atoms with Crippen molar-refractivity contribution in [3.63, 3.8) is 0 Å². The molecule has 0 radical (unpaired) electrons. The molecule has 3 atom stereocenters. The van der Waals surface area contributed by atoms with Crippen molar-refractivity contribution in [1.29, 1.82) is 0 Å². The molecule has 0 heterocycles. The van der Waals surface area contributed by atoms with E-state index in [4.69, 9.17) is 23.3 Å². The van der Waals surface area contributed by atoms with E-state index in [0.717, 1.165) is 77.0 Å². The number of carbonyl (C=O) groups is 3. The third-order valence-corrected chi connectivity index (χ3v) is 12.1. The van der Waals surface area contributed by atoms with Crippen molar-refractivity contribution < 1.29 is 52.2 Å². The number of phosphoric acid groups is 1. The van der Waals surface area contributed by atoms with E-state index in [0.29, 0.717) is 19.3 Å². The standard InChI is InChI=1S/C50H95O11P/c1-4-7-10-13-16-19-21-22-23-24-26-29-32-35-38-41-50(54)61-47(43-57-48(52)39-36-33-30-28-25-20-17-14-11-8-5-2)45-59-62(55,56)58-44-46(42-51)60-49(53)40-37-34-31-27-18-15-12-9-6-3/h14,17,46-47,51H,4-13,15-16,18-45H2,1-3H3,(H,55,56)/b17-14-. The van der Waals surface area contributed by atoms with Gasteiger partial charge in [0, 0.05) is 19.3 Å². The van der Waals surface area contributed by atoms with Crippen LogP contribution < -0.4 is 0 Å². The van der Waals surface area contributed by atoms with Gasteiger partial charge in [0.1, 0.15) is 12.7 Å². The molecule has 0 aliphatic rings. The number of phosphoric ester groups is 1. The van der Waals surface area contributed by atoms with Crippen LogP contribution in [-0.2, 0) is 42.2 Å². The number of hydrogen-bond acceptors (Lipinski definition) is 10. The molecule has 0 aliphatic heterocycles. The molecule has 2 N–H and O–H groups in total. The van der Waals surface area contributed by atoms with Crippen molar-refractivity contribution in [2.45, 2.75) is 264 Å². The number of aliphatic hydroxyl groups is 1. The van der Waals surface area contributed by atoms with E-state index in [1.165, 1.54) is 116 Å². The van der Waals surface area contributed by atoms with Crippen molar-refractivity contribution in [2.24, 2.45) is 0 Å². The quantitative estimate of drug-likeness (QED) is 0.0197. The van der Waals surface area contributed by atoms with Gasteiger partial charge in [-0.2, -0.15) is 0 Å². The molecule has 0 saturated heterocycles. The lowest BCUT2D eigenvalue weighted by atomic mass is 10.0. The number of carbonyl (C=O) groups excluding carboxylic acids is 3. The van der Waals surface area contributed by atoms with Gasteiger partial charge in [0.15, 0.2) is 6.10 Å². The molecule has 62 heavy (non-hydrogen) atoms. The van der Waals surface area contributed by atoms with E-state index >= 15 is 0 Å². The Kier molecular flexibility index (Phi) is 44.5. The molecule has 0 spiro atoms. The minimum Gasteiger partial charge on any atom is -0.462 e. The lowest BCUT2D eigenvalue weighted by Gasteiger charge is -2.21. The SMILES string of the molecule is CCCC/C=C\CCCCCCCC(=O)OCC(COP(=O)(O)OCC(CO)OC(=O)CCCCCCCCCCC)OC(=O)CCCCCCCCCCCCCCCCC. The van der Waals surface area contributed by atoms with E-state index in [2.05, 4.69) is 32.9 Å². The Labute approximate surface area is 379 Å². The summed E-state index contributed by atoms with van der Waals surface area (Å²) in [6, 6.07) is 0. The molecule has 0 aliphatic carbocycles. The van der Waals surface area contributed by atoms with Crippen LogP contribution >= 0.6 is 7.82 Å². The third-order valence-electron chi connectivity index (χ3n) is 11.2. The smallest absolute Gasteiger partial charge is 0.462 e. The maximum absolute atomic E-state index is 12.8. The Balaban J connectivity index is 4.71. The van der Waals surface area contributed by atoms with Gasteiger partial charge in [0.05, 0.1) is 19.8 Å². The van der Waals surface area contributed by atoms with E-state index in [-0.39, 0.29) is 25.9 Å². The second-order valence-electron chi connectivity index (χ2n) is 17.3. The van der Waals surface area contributed by atoms with E-state index in [1.54, 1.807) is 0 Å². The van der Waals surface area contributed by atoms with Crippen molar-refractivity contribution in [1.82, 2.24) is 0 Å². The second kappa shape index (κ2) is 45.8. The van der Waals surface area contributed by atoms with Gasteiger partial charge in [-0.3, -0.25) is 23.4 Å². The maximum atomic E-state index is 12.8. The second-order valence-corrected chi connectivity index (χ2v) is 18.8. The van der Waals surface area contributed by atoms with Gasteiger partial charge in [-0.05, 0) is 38.5 Å². The van der Waals surface area contributed by atoms with Gasteiger partial charge in [0.2, 0.25) is 0 Å². The summed E-state index contributed by atoms with van der Waals surface area (Å²) in [5, 5.41) is 9.73. The van der Waals surface area contributed by atoms with Crippen LogP contribution in [0.15, 0.2) is 12.2 Å². The van der Waals surface area contributed by atoms with Gasteiger partial charge < -0.3 is 24.2 Å². The van der Waals surface area contributed by atoms with Crippen molar-refractivity contribution in [3.05, 3.63) is 12.2 Å². The summed E-state index contributed by atoms with van der Waals surface area (Å²) in [5.74, 6) is -1.46. The van der Waals surface area contributed by atoms with Crippen LogP contribution in [0.3, 0.4) is 0 Å². The Hall–Kier alpha value is -1.78. The van der Waals surface area contributed by atoms with Gasteiger partial charge in [-0.1, -0.05) is 206 Å². The van der Waals surface area contributed by atoms with Gasteiger partial charge in [0.25, 0.3) is 0 Å². The highest BCUT2D eigenvalue weighted by atomic mass is 31.2. The number of unbranched alkanes of at least 4 members (excludes halogenated alkanes) is 29. The van der Waals surface area contributed by atoms with Crippen molar-refractivity contribution in [2.75, 3.05) is 26.4 Å². The largest absolute Gasteiger partial charge is 0.472 e. The lowest BCUT2D eigenvalue weighted by Crippen LogP contribution is -2.30. The van der Waals surface area contributed by atoms with Crippen LogP contribution in [0.1, 0.15) is 252 Å². The molecule has 12 heteroatoms. The van der Waals surface area contributed by atoms with E-state index in [9.17, 15) is 28.9 Å². The van der Waals surface area contributed by atoms with Crippen LogP contribution in [0.25, 0.3) is 0 Å². The first-order valence-electron chi connectivity index (χ1n) is 25.6. The molecule has 11 nitrogen and oxygen atoms in total. The maximum Gasteiger partial charge on any atom is 0.472 e. The molecular weight excluding hydrogens is 808 g/mol. The van der Waals surface area contributed by atoms with Crippen molar-refractivity contribution in [3.8, 4) is 0 Å². The van der Waals surface area contributed by atoms with Crippen molar-refractivity contribution >= 4 is 25.7 Å². The molecule has 0 aromatic heterocycles. The molecule has 0 aromatic carbocycles. The topological polar surface area (TPSA) is 155 Å². The Morgan fingerprint density at radius 1 is 0.435 bits per heavy atom. The van der Waals surface area contributed by atoms with Crippen LogP contribution in [0.4, 0.5) is 0 Å². The number of allylic oxidation sites excluding steroid dienone is 2. The predicted molar refractivity (Wildman–Crippen MR) is 252 cm³/mol. The molecule has 0 bridgehead atoms. The summed E-state index contributed by atoms with van der Waals surface area (Å²) in [6.45, 7) is 4.59. The average molecular weight is 903 g/mol. The molecule has 0 saturated carbocycles. The summed E-state index contributed by atoms with van der Waals surface area (Å²) in [6.07, 6.45) is 40.5. The zero-order valence-electron chi connectivity index (χ0n) is 40.1. The molecule has 0 aromatic rings. The number of hydrogen-bond donors (Lipinski definition) is 2. The predicted octanol–water partition coefficient (Wildman–Crippen LogP) is 14.1. The van der Waals surface area contributed by atoms with Gasteiger partial charge in [-0.25, -0.2) is 4.57 Å². The minimum atomic E-state index is -4.73. The first-order chi connectivity index (χ1) is 30.2. The highest BCUT2D eigenvalue weighted by Crippen LogP contribution is 2.43. The van der Waals surface area contributed by atoms with E-state index in [1.807, 2.05) is 0 Å². The summed E-state index contributed by atoms with van der Waals surface area (Å²) < 4.78 is 39.2. The molecule has 0 rings (SSSR count). The Morgan fingerprint density at radius 2 is 0.758 bits per heavy atom. The first kappa shape index (κ1) is 60.2. The van der Waals surface area contributed by atoms with E-state index < -0.39 is 57.8 Å². The molecule has 0 amide bonds. The van der Waals surface area contributed by atoms with Crippen LogP contribution in [0.2, 0.25) is 0 Å². The minimum absolute atomic E-state index is 0.174. The highest BCUT2D eigenvalue weighted by molar-refractivity contribution is 7.47. The van der Waals surface area contributed by atoms with Gasteiger partial charge >= 0.3 is 25.7 Å². The first-order valence-corrected chi connectivity index (χ1v) is 27.1. The summed E-state index contributed by atoms with van der Waals surface area (Å²) >= 11 is 0. The lowest BCUT2D eigenvalue weighted by molar-refractivity contribution is -0.161. The van der Waals surface area contributed by atoms with Crippen LogP contribution in [-0.4, -0.2) is 66.5 Å². The monoisotopic (exact) mass is 903 g/mol. The molecule has 3 unspecified atom stereocenters. The fourth-order valence-corrected chi connectivity index (χ4v) is 8.00. The zero-order valence-corrected chi connectivity index (χ0v) is 41.0. The normalized spacial score (nSPS) is 13.6. The van der Waals surface area contributed by atoms with Crippen LogP contribution in [0, 0.1) is 0 Å². The van der Waals surface area contributed by atoms with Gasteiger partial charge in [-0.15, -0.1) is 0 Å². The fourth-order valence-electron chi connectivity index (χ4n) is 7.22. The number of aliphatic hydroxyl groups excluding tert-OH is 1. The van der Waals surface area contributed by atoms with Crippen LogP contribution in [0.5, 0.6) is 0 Å². The number of esters is 3. The number of rotatable bonds is 48. The highest BCUT2D eigenvalue weighted by Gasteiger charge is 2.28. The Bertz CT molecular complexity index is 1100. The Morgan fingerprint density at radius 3 is 1.16 bits per heavy atom. The molecule has 0 fully saturated rings. The summed E-state index contributed by atoms with van der Waals surface area (Å²) in [5.41, 5.74) is 0. The zero-order chi connectivity index (χ0) is 45.6. The molecule has 366 valence electrons.